The molecule has 7 heteroatoms. The average Bonchev–Trinajstić information content (AvgIpc) is 2.55. The van der Waals surface area contributed by atoms with Gasteiger partial charge in [-0.15, -0.1) is 0 Å². The predicted octanol–water partition coefficient (Wildman–Crippen LogP) is 0.274. The quantitative estimate of drug-likeness (QED) is 0.842. The molecule has 2 heterocycles. The summed E-state index contributed by atoms with van der Waals surface area (Å²) in [6, 6.07) is 5.33. The third-order valence-electron chi connectivity index (χ3n) is 3.68. The molecule has 1 saturated heterocycles. The SMILES string of the molecule is Nc1ncc2ccc(C(=O)NCCN3CCOCC3)cc2n1. The fourth-order valence-electron chi connectivity index (χ4n) is 2.43. The first-order chi connectivity index (χ1) is 10.7. The number of hydrogen-bond acceptors (Lipinski definition) is 6. The van der Waals surface area contributed by atoms with E-state index in [-0.39, 0.29) is 11.9 Å². The molecule has 1 aromatic heterocycles. The number of aromatic nitrogens is 2. The van der Waals surface area contributed by atoms with Gasteiger partial charge in [0.05, 0.1) is 18.7 Å². The highest BCUT2D eigenvalue weighted by Gasteiger charge is 2.11. The molecule has 2 aromatic rings. The van der Waals surface area contributed by atoms with Gasteiger partial charge in [-0.25, -0.2) is 9.97 Å². The van der Waals surface area contributed by atoms with Crippen molar-refractivity contribution in [3.8, 4) is 0 Å². The second kappa shape index (κ2) is 6.67. The minimum Gasteiger partial charge on any atom is -0.379 e. The number of nitrogens with two attached hydrogens (primary N) is 1. The number of morpholine rings is 1. The average molecular weight is 301 g/mol. The smallest absolute Gasteiger partial charge is 0.251 e. The minimum atomic E-state index is -0.104. The number of ether oxygens (including phenoxy) is 1. The van der Waals surface area contributed by atoms with Crippen molar-refractivity contribution in [2.24, 2.45) is 0 Å². The lowest BCUT2D eigenvalue weighted by atomic mass is 10.1. The van der Waals surface area contributed by atoms with Crippen molar-refractivity contribution < 1.29 is 9.53 Å². The standard InChI is InChI=1S/C15H19N5O2/c16-15-18-10-12-2-1-11(9-13(12)19-15)14(21)17-3-4-20-5-7-22-8-6-20/h1-2,9-10H,3-8H2,(H,17,21)(H2,16,18,19). The van der Waals surface area contributed by atoms with Crippen LogP contribution < -0.4 is 11.1 Å². The Morgan fingerprint density at radius 2 is 2.18 bits per heavy atom. The summed E-state index contributed by atoms with van der Waals surface area (Å²) < 4.78 is 5.30. The lowest BCUT2D eigenvalue weighted by Crippen LogP contribution is -2.41. The van der Waals surface area contributed by atoms with E-state index in [0.29, 0.717) is 17.6 Å². The zero-order valence-electron chi connectivity index (χ0n) is 12.3. The van der Waals surface area contributed by atoms with Crippen molar-refractivity contribution in [3.05, 3.63) is 30.0 Å². The molecule has 22 heavy (non-hydrogen) atoms. The van der Waals surface area contributed by atoms with Crippen LogP contribution in [0.25, 0.3) is 10.9 Å². The highest BCUT2D eigenvalue weighted by Crippen LogP contribution is 2.13. The molecule has 1 aliphatic heterocycles. The molecule has 7 nitrogen and oxygen atoms in total. The minimum absolute atomic E-state index is 0.104. The molecule has 1 fully saturated rings. The molecule has 0 unspecified atom stereocenters. The molecule has 0 radical (unpaired) electrons. The summed E-state index contributed by atoms with van der Waals surface area (Å²) in [5, 5.41) is 3.79. The van der Waals surface area contributed by atoms with Crippen LogP contribution in [0.1, 0.15) is 10.4 Å². The van der Waals surface area contributed by atoms with Gasteiger partial charge in [-0.1, -0.05) is 6.07 Å². The monoisotopic (exact) mass is 301 g/mol. The van der Waals surface area contributed by atoms with Gasteiger partial charge in [-0.3, -0.25) is 9.69 Å². The lowest BCUT2D eigenvalue weighted by Gasteiger charge is -2.26. The van der Waals surface area contributed by atoms with Crippen LogP contribution in [0, 0.1) is 0 Å². The summed E-state index contributed by atoms with van der Waals surface area (Å²) in [6.45, 7) is 4.81. The molecule has 1 amide bonds. The van der Waals surface area contributed by atoms with Crippen molar-refractivity contribution in [1.29, 1.82) is 0 Å². The van der Waals surface area contributed by atoms with Crippen LogP contribution in [0.2, 0.25) is 0 Å². The van der Waals surface area contributed by atoms with Gasteiger partial charge in [-0.2, -0.15) is 0 Å². The number of amides is 1. The Morgan fingerprint density at radius 3 is 3.00 bits per heavy atom. The molecular formula is C15H19N5O2. The summed E-state index contributed by atoms with van der Waals surface area (Å²) in [5.41, 5.74) is 6.83. The molecule has 1 aliphatic rings. The van der Waals surface area contributed by atoms with E-state index in [4.69, 9.17) is 10.5 Å². The van der Waals surface area contributed by atoms with Gasteiger partial charge in [0.15, 0.2) is 0 Å². The topological polar surface area (TPSA) is 93.4 Å². The third kappa shape index (κ3) is 3.49. The Balaban J connectivity index is 1.59. The zero-order chi connectivity index (χ0) is 15.4. The molecule has 0 atom stereocenters. The van der Waals surface area contributed by atoms with E-state index in [1.165, 1.54) is 0 Å². The summed E-state index contributed by atoms with van der Waals surface area (Å²) >= 11 is 0. The molecule has 3 N–H and O–H groups in total. The first-order valence-corrected chi connectivity index (χ1v) is 7.33. The number of nitrogens with one attached hydrogen (secondary N) is 1. The summed E-state index contributed by atoms with van der Waals surface area (Å²) in [6.07, 6.45) is 1.65. The lowest BCUT2D eigenvalue weighted by molar-refractivity contribution is 0.0383. The van der Waals surface area contributed by atoms with E-state index in [1.54, 1.807) is 18.3 Å². The second-order valence-electron chi connectivity index (χ2n) is 5.21. The van der Waals surface area contributed by atoms with Crippen molar-refractivity contribution >= 4 is 22.8 Å². The van der Waals surface area contributed by atoms with Crippen LogP contribution >= 0.6 is 0 Å². The van der Waals surface area contributed by atoms with E-state index < -0.39 is 0 Å². The van der Waals surface area contributed by atoms with Crippen molar-refractivity contribution in [1.82, 2.24) is 20.2 Å². The van der Waals surface area contributed by atoms with Gasteiger partial charge >= 0.3 is 0 Å². The maximum Gasteiger partial charge on any atom is 0.251 e. The number of hydrogen-bond donors (Lipinski definition) is 2. The van der Waals surface area contributed by atoms with Crippen molar-refractivity contribution in [2.45, 2.75) is 0 Å². The van der Waals surface area contributed by atoms with Crippen LogP contribution in [-0.4, -0.2) is 60.2 Å². The zero-order valence-corrected chi connectivity index (χ0v) is 12.3. The number of nitrogens with zero attached hydrogens (tertiary/aromatic N) is 3. The second-order valence-corrected chi connectivity index (χ2v) is 5.21. The fourth-order valence-corrected chi connectivity index (χ4v) is 2.43. The Labute approximate surface area is 128 Å². The van der Waals surface area contributed by atoms with E-state index in [1.807, 2.05) is 6.07 Å². The molecule has 1 aromatic carbocycles. The van der Waals surface area contributed by atoms with E-state index >= 15 is 0 Å². The Bertz CT molecular complexity index is 670. The molecular weight excluding hydrogens is 282 g/mol. The molecule has 116 valence electrons. The van der Waals surface area contributed by atoms with E-state index in [9.17, 15) is 4.79 Å². The fraction of sp³-hybridized carbons (Fsp3) is 0.400. The summed E-state index contributed by atoms with van der Waals surface area (Å²) in [7, 11) is 0. The van der Waals surface area contributed by atoms with Gasteiger partial charge in [0.2, 0.25) is 5.95 Å². The number of nitrogen functional groups attached to an aromatic ring is 1. The molecule has 0 aliphatic carbocycles. The van der Waals surface area contributed by atoms with Gasteiger partial charge in [0.25, 0.3) is 5.91 Å². The van der Waals surface area contributed by atoms with E-state index in [0.717, 1.165) is 38.2 Å². The highest BCUT2D eigenvalue weighted by atomic mass is 16.5. The van der Waals surface area contributed by atoms with Gasteiger partial charge < -0.3 is 15.8 Å². The molecule has 0 spiro atoms. The van der Waals surface area contributed by atoms with Gasteiger partial charge in [0.1, 0.15) is 0 Å². The van der Waals surface area contributed by atoms with Crippen LogP contribution in [0.15, 0.2) is 24.4 Å². The third-order valence-corrected chi connectivity index (χ3v) is 3.68. The van der Waals surface area contributed by atoms with Gasteiger partial charge in [0, 0.05) is 43.3 Å². The largest absolute Gasteiger partial charge is 0.379 e. The van der Waals surface area contributed by atoms with E-state index in [2.05, 4.69) is 20.2 Å². The van der Waals surface area contributed by atoms with Gasteiger partial charge in [-0.05, 0) is 12.1 Å². The number of fused-ring (bicyclic) bond motifs is 1. The Kier molecular flexibility index (Phi) is 4.45. The van der Waals surface area contributed by atoms with Crippen molar-refractivity contribution in [3.63, 3.8) is 0 Å². The van der Waals surface area contributed by atoms with Crippen molar-refractivity contribution in [2.75, 3.05) is 45.1 Å². The Morgan fingerprint density at radius 1 is 1.36 bits per heavy atom. The van der Waals surface area contributed by atoms with Crippen LogP contribution in [0.3, 0.4) is 0 Å². The van der Waals surface area contributed by atoms with Crippen LogP contribution in [0.4, 0.5) is 5.95 Å². The maximum absolute atomic E-state index is 12.2. The number of carbonyl (C=O) groups is 1. The highest BCUT2D eigenvalue weighted by molar-refractivity contribution is 5.97. The summed E-state index contributed by atoms with van der Waals surface area (Å²) in [5.74, 6) is 0.102. The number of rotatable bonds is 4. The first-order valence-electron chi connectivity index (χ1n) is 7.33. The number of benzene rings is 1. The Hall–Kier alpha value is -2.25. The normalized spacial score (nSPS) is 15.8. The molecule has 0 saturated carbocycles. The maximum atomic E-state index is 12.2. The predicted molar refractivity (Wildman–Crippen MR) is 83.5 cm³/mol. The first kappa shape index (κ1) is 14.7. The number of carbonyl (C=O) groups excluding carboxylic acids is 1. The molecule has 0 bridgehead atoms. The van der Waals surface area contributed by atoms with Crippen LogP contribution in [0.5, 0.6) is 0 Å². The number of anilines is 1. The van der Waals surface area contributed by atoms with Crippen LogP contribution in [-0.2, 0) is 4.74 Å². The summed E-state index contributed by atoms with van der Waals surface area (Å²) in [4.78, 5) is 22.5. The molecule has 3 rings (SSSR count).